The van der Waals surface area contributed by atoms with Crippen LogP contribution in [0.25, 0.3) is 16.8 Å². The smallest absolute Gasteiger partial charge is 0.338 e. The quantitative estimate of drug-likeness (QED) is 0.750. The highest BCUT2D eigenvalue weighted by molar-refractivity contribution is 6.06. The Balaban J connectivity index is 1.85. The van der Waals surface area contributed by atoms with Crippen LogP contribution in [-0.2, 0) is 4.74 Å². The summed E-state index contributed by atoms with van der Waals surface area (Å²) in [6, 6.07) is 11.7. The van der Waals surface area contributed by atoms with Gasteiger partial charge < -0.3 is 4.74 Å². The van der Waals surface area contributed by atoms with E-state index < -0.39 is 0 Å². The van der Waals surface area contributed by atoms with Gasteiger partial charge in [-0.15, -0.1) is 0 Å². The molecule has 0 aromatic heterocycles. The fourth-order valence-electron chi connectivity index (χ4n) is 3.14. The third-order valence-electron chi connectivity index (χ3n) is 4.32. The van der Waals surface area contributed by atoms with Gasteiger partial charge in [-0.2, -0.15) is 0 Å². The Bertz CT molecular complexity index is 666. The van der Waals surface area contributed by atoms with Crippen LogP contribution in [-0.4, -0.2) is 12.6 Å². The van der Waals surface area contributed by atoms with E-state index in [0.29, 0.717) is 18.1 Å². The van der Waals surface area contributed by atoms with Gasteiger partial charge in [0, 0.05) is 0 Å². The number of carbonyl (C=O) groups is 1. The number of benzene rings is 2. The molecule has 2 aromatic rings. The zero-order valence-corrected chi connectivity index (χ0v) is 12.2. The molecular formula is C19H20O2. The van der Waals surface area contributed by atoms with Gasteiger partial charge in [0.25, 0.3) is 0 Å². The number of hydrogen-bond acceptors (Lipinski definition) is 2. The largest absolute Gasteiger partial charge is 0.462 e. The first-order valence-electron chi connectivity index (χ1n) is 7.61. The van der Waals surface area contributed by atoms with Crippen LogP contribution >= 0.6 is 0 Å². The van der Waals surface area contributed by atoms with Crippen molar-refractivity contribution >= 4 is 22.8 Å². The summed E-state index contributed by atoms with van der Waals surface area (Å²) in [5, 5.41) is 1.98. The molecule has 108 valence electrons. The Hall–Kier alpha value is -2.09. The Morgan fingerprint density at radius 1 is 1.14 bits per heavy atom. The molecule has 0 radical (unpaired) electrons. The van der Waals surface area contributed by atoms with Gasteiger partial charge >= 0.3 is 5.97 Å². The van der Waals surface area contributed by atoms with Crippen molar-refractivity contribution in [3.8, 4) is 0 Å². The zero-order chi connectivity index (χ0) is 14.7. The van der Waals surface area contributed by atoms with Crippen molar-refractivity contribution in [2.75, 3.05) is 6.61 Å². The standard InChI is InChI=1S/C19H20O2/c1-2-15-9-5-11-17-16(15)10-6-12-18(17)19(20)21-13-14-7-3-4-8-14/h2,5-6,9-12,14H,1,3-4,7-8,13H2. The first kappa shape index (κ1) is 13.9. The summed E-state index contributed by atoms with van der Waals surface area (Å²) in [7, 11) is 0. The summed E-state index contributed by atoms with van der Waals surface area (Å²) in [6.07, 6.45) is 6.71. The van der Waals surface area contributed by atoms with Crippen molar-refractivity contribution in [3.63, 3.8) is 0 Å². The molecule has 1 fully saturated rings. The van der Waals surface area contributed by atoms with E-state index in [1.807, 2.05) is 42.5 Å². The minimum Gasteiger partial charge on any atom is -0.462 e. The Morgan fingerprint density at radius 2 is 1.86 bits per heavy atom. The minimum atomic E-state index is -0.214. The summed E-state index contributed by atoms with van der Waals surface area (Å²) >= 11 is 0. The SMILES string of the molecule is C=Cc1cccc2c(C(=O)OCC3CCCC3)cccc12. The van der Waals surface area contributed by atoms with Crippen molar-refractivity contribution in [1.82, 2.24) is 0 Å². The number of ether oxygens (including phenoxy) is 1. The molecule has 0 atom stereocenters. The van der Waals surface area contributed by atoms with Crippen molar-refractivity contribution in [2.24, 2.45) is 5.92 Å². The molecule has 0 unspecified atom stereocenters. The molecule has 0 bridgehead atoms. The van der Waals surface area contributed by atoms with E-state index in [0.717, 1.165) is 16.3 Å². The summed E-state index contributed by atoms with van der Waals surface area (Å²) < 4.78 is 5.53. The van der Waals surface area contributed by atoms with Crippen molar-refractivity contribution < 1.29 is 9.53 Å². The van der Waals surface area contributed by atoms with Crippen LogP contribution < -0.4 is 0 Å². The fraction of sp³-hybridized carbons (Fsp3) is 0.316. The van der Waals surface area contributed by atoms with Crippen LogP contribution in [0.1, 0.15) is 41.6 Å². The van der Waals surface area contributed by atoms with Gasteiger partial charge in [-0.1, -0.05) is 55.8 Å². The van der Waals surface area contributed by atoms with Gasteiger partial charge in [-0.05, 0) is 41.2 Å². The molecule has 0 spiro atoms. The van der Waals surface area contributed by atoms with E-state index >= 15 is 0 Å². The third kappa shape index (κ3) is 2.85. The van der Waals surface area contributed by atoms with E-state index in [4.69, 9.17) is 4.74 Å². The highest BCUT2D eigenvalue weighted by atomic mass is 16.5. The Labute approximate surface area is 125 Å². The predicted octanol–water partition coefficient (Wildman–Crippen LogP) is 4.83. The number of esters is 1. The molecule has 0 amide bonds. The highest BCUT2D eigenvalue weighted by Gasteiger charge is 2.18. The first-order valence-corrected chi connectivity index (χ1v) is 7.61. The first-order chi connectivity index (χ1) is 10.3. The molecule has 0 aliphatic heterocycles. The maximum Gasteiger partial charge on any atom is 0.338 e. The van der Waals surface area contributed by atoms with Crippen molar-refractivity contribution in [3.05, 3.63) is 54.1 Å². The third-order valence-corrected chi connectivity index (χ3v) is 4.32. The second-order valence-electron chi connectivity index (χ2n) is 5.70. The molecule has 1 aliphatic carbocycles. The maximum atomic E-state index is 12.4. The van der Waals surface area contributed by atoms with Gasteiger partial charge in [0.05, 0.1) is 12.2 Å². The summed E-state index contributed by atoms with van der Waals surface area (Å²) in [6.45, 7) is 4.38. The van der Waals surface area contributed by atoms with Crippen LogP contribution in [0.15, 0.2) is 43.0 Å². The minimum absolute atomic E-state index is 0.214. The molecule has 0 heterocycles. The van der Waals surface area contributed by atoms with Crippen molar-refractivity contribution in [2.45, 2.75) is 25.7 Å². The Kier molecular flexibility index (Phi) is 4.05. The fourth-order valence-corrected chi connectivity index (χ4v) is 3.14. The van der Waals surface area contributed by atoms with Crippen LogP contribution in [0.5, 0.6) is 0 Å². The lowest BCUT2D eigenvalue weighted by atomic mass is 10.00. The molecular weight excluding hydrogens is 260 g/mol. The van der Waals surface area contributed by atoms with Crippen molar-refractivity contribution in [1.29, 1.82) is 0 Å². The average Bonchev–Trinajstić information content (AvgIpc) is 3.04. The highest BCUT2D eigenvalue weighted by Crippen LogP contribution is 2.27. The summed E-state index contributed by atoms with van der Waals surface area (Å²) in [5.74, 6) is 0.335. The topological polar surface area (TPSA) is 26.3 Å². The molecule has 2 heteroatoms. The van der Waals surface area contributed by atoms with E-state index in [9.17, 15) is 4.79 Å². The normalized spacial score (nSPS) is 15.2. The van der Waals surface area contributed by atoms with E-state index in [2.05, 4.69) is 6.58 Å². The molecule has 2 nitrogen and oxygen atoms in total. The summed E-state index contributed by atoms with van der Waals surface area (Å²) in [5.41, 5.74) is 1.69. The van der Waals surface area contributed by atoms with Crippen LogP contribution in [0.3, 0.4) is 0 Å². The number of carbonyl (C=O) groups excluding carboxylic acids is 1. The second kappa shape index (κ2) is 6.13. The van der Waals surface area contributed by atoms with E-state index in [1.54, 1.807) is 0 Å². The van der Waals surface area contributed by atoms with Crippen LogP contribution in [0.2, 0.25) is 0 Å². The monoisotopic (exact) mass is 280 g/mol. The lowest BCUT2D eigenvalue weighted by Crippen LogP contribution is -2.12. The predicted molar refractivity (Wildman–Crippen MR) is 86.3 cm³/mol. The van der Waals surface area contributed by atoms with Gasteiger partial charge in [0.1, 0.15) is 0 Å². The van der Waals surface area contributed by atoms with Crippen LogP contribution in [0.4, 0.5) is 0 Å². The number of hydrogen-bond donors (Lipinski definition) is 0. The second-order valence-corrected chi connectivity index (χ2v) is 5.70. The van der Waals surface area contributed by atoms with Gasteiger partial charge in [-0.25, -0.2) is 4.79 Å². The maximum absolute atomic E-state index is 12.4. The lowest BCUT2D eigenvalue weighted by Gasteiger charge is -2.12. The molecule has 0 saturated heterocycles. The molecule has 0 N–H and O–H groups in total. The lowest BCUT2D eigenvalue weighted by molar-refractivity contribution is 0.0445. The van der Waals surface area contributed by atoms with Gasteiger partial charge in [-0.3, -0.25) is 0 Å². The van der Waals surface area contributed by atoms with E-state index in [-0.39, 0.29) is 5.97 Å². The summed E-state index contributed by atoms with van der Waals surface area (Å²) in [4.78, 5) is 12.4. The van der Waals surface area contributed by atoms with Crippen LogP contribution in [0, 0.1) is 5.92 Å². The molecule has 3 rings (SSSR count). The Morgan fingerprint density at radius 3 is 2.62 bits per heavy atom. The van der Waals surface area contributed by atoms with Gasteiger partial charge in [0.15, 0.2) is 0 Å². The molecule has 21 heavy (non-hydrogen) atoms. The number of fused-ring (bicyclic) bond motifs is 1. The average molecular weight is 280 g/mol. The molecule has 2 aromatic carbocycles. The van der Waals surface area contributed by atoms with Gasteiger partial charge in [0.2, 0.25) is 0 Å². The molecule has 1 aliphatic rings. The molecule has 1 saturated carbocycles. The number of rotatable bonds is 4. The van der Waals surface area contributed by atoms with E-state index in [1.165, 1.54) is 25.7 Å². The zero-order valence-electron chi connectivity index (χ0n) is 12.2.